The first-order valence-electron chi connectivity index (χ1n) is 8.10. The SMILES string of the molecule is CCC(C)(CNC1CC1)CN1CCCC(COC)C1. The van der Waals surface area contributed by atoms with Gasteiger partial charge in [0.15, 0.2) is 0 Å². The van der Waals surface area contributed by atoms with Crippen molar-refractivity contribution in [3.05, 3.63) is 0 Å². The second-order valence-electron chi connectivity index (χ2n) is 7.02. The highest BCUT2D eigenvalue weighted by Gasteiger charge is 2.30. The minimum absolute atomic E-state index is 0.428. The summed E-state index contributed by atoms with van der Waals surface area (Å²) in [4.78, 5) is 2.67. The van der Waals surface area contributed by atoms with Crippen LogP contribution in [-0.2, 0) is 4.74 Å². The van der Waals surface area contributed by atoms with Gasteiger partial charge >= 0.3 is 0 Å². The minimum atomic E-state index is 0.428. The zero-order valence-corrected chi connectivity index (χ0v) is 13.1. The molecule has 1 heterocycles. The van der Waals surface area contributed by atoms with Gasteiger partial charge in [-0.05, 0) is 50.0 Å². The third-order valence-electron chi connectivity index (χ3n) is 4.86. The quantitative estimate of drug-likeness (QED) is 0.732. The van der Waals surface area contributed by atoms with E-state index in [1.54, 1.807) is 0 Å². The molecule has 0 aromatic rings. The second-order valence-corrected chi connectivity index (χ2v) is 7.02. The molecule has 2 unspecified atom stereocenters. The Morgan fingerprint density at radius 2 is 2.11 bits per heavy atom. The van der Waals surface area contributed by atoms with Gasteiger partial charge in [0, 0.05) is 32.8 Å². The van der Waals surface area contributed by atoms with Crippen LogP contribution in [0.2, 0.25) is 0 Å². The molecule has 1 saturated heterocycles. The van der Waals surface area contributed by atoms with Crippen LogP contribution in [0.3, 0.4) is 0 Å². The molecule has 1 N–H and O–H groups in total. The molecule has 0 aromatic carbocycles. The molecule has 2 rings (SSSR count). The highest BCUT2D eigenvalue weighted by atomic mass is 16.5. The van der Waals surface area contributed by atoms with Crippen molar-refractivity contribution in [2.24, 2.45) is 11.3 Å². The molecule has 0 amide bonds. The van der Waals surface area contributed by atoms with Crippen molar-refractivity contribution < 1.29 is 4.74 Å². The maximum atomic E-state index is 5.33. The predicted molar refractivity (Wildman–Crippen MR) is 80.5 cm³/mol. The Kier molecular flexibility index (Phi) is 5.67. The van der Waals surface area contributed by atoms with E-state index in [9.17, 15) is 0 Å². The van der Waals surface area contributed by atoms with Gasteiger partial charge < -0.3 is 15.0 Å². The van der Waals surface area contributed by atoms with Crippen molar-refractivity contribution in [1.82, 2.24) is 10.2 Å². The normalized spacial score (nSPS) is 28.3. The van der Waals surface area contributed by atoms with Gasteiger partial charge in [0.25, 0.3) is 0 Å². The van der Waals surface area contributed by atoms with E-state index in [1.807, 2.05) is 7.11 Å². The van der Waals surface area contributed by atoms with Gasteiger partial charge in [0.05, 0.1) is 6.61 Å². The van der Waals surface area contributed by atoms with Gasteiger partial charge in [-0.15, -0.1) is 0 Å². The largest absolute Gasteiger partial charge is 0.384 e. The van der Waals surface area contributed by atoms with E-state index in [4.69, 9.17) is 4.74 Å². The second kappa shape index (κ2) is 7.05. The van der Waals surface area contributed by atoms with Gasteiger partial charge in [-0.1, -0.05) is 13.8 Å². The zero-order valence-electron chi connectivity index (χ0n) is 13.1. The lowest BCUT2D eigenvalue weighted by Gasteiger charge is -2.39. The molecule has 19 heavy (non-hydrogen) atoms. The zero-order chi connectivity index (χ0) is 13.7. The molecule has 0 aromatic heterocycles. The fourth-order valence-corrected chi connectivity index (χ4v) is 3.18. The number of nitrogens with one attached hydrogen (secondary N) is 1. The highest BCUT2D eigenvalue weighted by molar-refractivity contribution is 4.87. The Hall–Kier alpha value is -0.120. The summed E-state index contributed by atoms with van der Waals surface area (Å²) >= 11 is 0. The van der Waals surface area contributed by atoms with E-state index >= 15 is 0 Å². The molecule has 2 aliphatic rings. The van der Waals surface area contributed by atoms with Crippen molar-refractivity contribution in [2.75, 3.05) is 39.9 Å². The Bertz CT molecular complexity index is 265. The molecule has 0 radical (unpaired) electrons. The lowest BCUT2D eigenvalue weighted by molar-refractivity contribution is 0.0651. The summed E-state index contributed by atoms with van der Waals surface area (Å²) < 4.78 is 5.33. The van der Waals surface area contributed by atoms with Crippen LogP contribution in [0.1, 0.15) is 46.0 Å². The fraction of sp³-hybridized carbons (Fsp3) is 1.00. The number of likely N-dealkylation sites (tertiary alicyclic amines) is 1. The van der Waals surface area contributed by atoms with Gasteiger partial charge in [0.2, 0.25) is 0 Å². The van der Waals surface area contributed by atoms with Crippen LogP contribution in [0, 0.1) is 11.3 Å². The Labute approximate surface area is 119 Å². The summed E-state index contributed by atoms with van der Waals surface area (Å²) in [6.07, 6.45) is 6.72. The summed E-state index contributed by atoms with van der Waals surface area (Å²) in [5.74, 6) is 0.747. The van der Waals surface area contributed by atoms with E-state index in [-0.39, 0.29) is 0 Å². The molecular weight excluding hydrogens is 236 g/mol. The van der Waals surface area contributed by atoms with E-state index in [2.05, 4.69) is 24.1 Å². The number of nitrogens with zero attached hydrogens (tertiary/aromatic N) is 1. The predicted octanol–water partition coefficient (Wildman–Crippen LogP) is 2.51. The lowest BCUT2D eigenvalue weighted by atomic mass is 9.85. The van der Waals surface area contributed by atoms with Crippen molar-refractivity contribution in [2.45, 2.75) is 52.0 Å². The molecule has 2 fully saturated rings. The molecule has 3 heteroatoms. The number of hydrogen-bond donors (Lipinski definition) is 1. The lowest BCUT2D eigenvalue weighted by Crippen LogP contribution is -2.46. The summed E-state index contributed by atoms with van der Waals surface area (Å²) in [7, 11) is 1.83. The molecular formula is C16H32N2O. The third kappa shape index (κ3) is 5.05. The van der Waals surface area contributed by atoms with Crippen LogP contribution in [-0.4, -0.2) is 50.8 Å². The topological polar surface area (TPSA) is 24.5 Å². The van der Waals surface area contributed by atoms with Crippen LogP contribution in [0.5, 0.6) is 0 Å². The van der Waals surface area contributed by atoms with Crippen LogP contribution in [0.25, 0.3) is 0 Å². The van der Waals surface area contributed by atoms with E-state index in [1.165, 1.54) is 58.3 Å². The number of piperidine rings is 1. The maximum Gasteiger partial charge on any atom is 0.0502 e. The average Bonchev–Trinajstić information content (AvgIpc) is 3.21. The molecule has 2 atom stereocenters. The van der Waals surface area contributed by atoms with Crippen molar-refractivity contribution in [1.29, 1.82) is 0 Å². The van der Waals surface area contributed by atoms with E-state index < -0.39 is 0 Å². The van der Waals surface area contributed by atoms with Crippen molar-refractivity contribution >= 4 is 0 Å². The fourth-order valence-electron chi connectivity index (χ4n) is 3.18. The molecule has 1 aliphatic carbocycles. The van der Waals surface area contributed by atoms with Gasteiger partial charge in [-0.3, -0.25) is 0 Å². The molecule has 3 nitrogen and oxygen atoms in total. The summed E-state index contributed by atoms with van der Waals surface area (Å²) in [5.41, 5.74) is 0.428. The Morgan fingerprint density at radius 3 is 2.74 bits per heavy atom. The number of hydrogen-bond acceptors (Lipinski definition) is 3. The number of methoxy groups -OCH3 is 1. The minimum Gasteiger partial charge on any atom is -0.384 e. The standard InChI is InChI=1S/C16H32N2O/c1-4-16(2,12-17-15-7-8-15)13-18-9-5-6-14(10-18)11-19-3/h14-15,17H,4-13H2,1-3H3. The first kappa shape index (κ1) is 15.3. The first-order chi connectivity index (χ1) is 9.15. The molecule has 112 valence electrons. The van der Waals surface area contributed by atoms with Crippen LogP contribution in [0.4, 0.5) is 0 Å². The highest BCUT2D eigenvalue weighted by Crippen LogP contribution is 2.27. The molecule has 1 saturated carbocycles. The first-order valence-corrected chi connectivity index (χ1v) is 8.10. The Morgan fingerprint density at radius 1 is 1.32 bits per heavy atom. The van der Waals surface area contributed by atoms with Crippen molar-refractivity contribution in [3.8, 4) is 0 Å². The maximum absolute atomic E-state index is 5.33. The van der Waals surface area contributed by atoms with E-state index in [0.717, 1.165) is 18.6 Å². The third-order valence-corrected chi connectivity index (χ3v) is 4.86. The summed E-state index contributed by atoms with van der Waals surface area (Å²) in [6.45, 7) is 10.6. The van der Waals surface area contributed by atoms with Gasteiger partial charge in [-0.2, -0.15) is 0 Å². The smallest absolute Gasteiger partial charge is 0.0502 e. The van der Waals surface area contributed by atoms with Gasteiger partial charge in [0.1, 0.15) is 0 Å². The van der Waals surface area contributed by atoms with E-state index in [0.29, 0.717) is 5.41 Å². The summed E-state index contributed by atoms with van der Waals surface area (Å²) in [6, 6.07) is 0.827. The van der Waals surface area contributed by atoms with Crippen molar-refractivity contribution in [3.63, 3.8) is 0 Å². The number of ether oxygens (including phenoxy) is 1. The Balaban J connectivity index is 1.78. The summed E-state index contributed by atoms with van der Waals surface area (Å²) in [5, 5.41) is 3.72. The van der Waals surface area contributed by atoms with Crippen LogP contribution in [0.15, 0.2) is 0 Å². The molecule has 0 bridgehead atoms. The average molecular weight is 268 g/mol. The monoisotopic (exact) mass is 268 g/mol. The van der Waals surface area contributed by atoms with Gasteiger partial charge in [-0.25, -0.2) is 0 Å². The van der Waals surface area contributed by atoms with Crippen LogP contribution < -0.4 is 5.32 Å². The molecule has 1 aliphatic heterocycles. The molecule has 0 spiro atoms. The van der Waals surface area contributed by atoms with Crippen LogP contribution >= 0.6 is 0 Å². The number of rotatable bonds is 8.